The van der Waals surface area contributed by atoms with Crippen molar-refractivity contribution in [3.63, 3.8) is 0 Å². The van der Waals surface area contributed by atoms with Crippen LogP contribution in [0.15, 0.2) is 84.6 Å². The van der Waals surface area contributed by atoms with Crippen molar-refractivity contribution in [3.8, 4) is 22.3 Å². The maximum atomic E-state index is 8.57. The van der Waals surface area contributed by atoms with E-state index in [1.807, 2.05) is 0 Å². The summed E-state index contributed by atoms with van der Waals surface area (Å²) in [7, 11) is 0. The predicted octanol–water partition coefficient (Wildman–Crippen LogP) is 5.02. The monoisotopic (exact) mass is 243 g/mol. The van der Waals surface area contributed by atoms with E-state index in [2.05, 4.69) is 0 Å². The summed E-state index contributed by atoms with van der Waals surface area (Å²) in [6.07, 6.45) is 0. The highest BCUT2D eigenvalue weighted by atomic mass is 14.0. The summed E-state index contributed by atoms with van der Waals surface area (Å²) >= 11 is 0. The van der Waals surface area contributed by atoms with Crippen LogP contribution in [0.5, 0.6) is 0 Å². The Hall–Kier alpha value is -2.34. The van der Waals surface area contributed by atoms with Crippen molar-refractivity contribution in [2.45, 2.75) is 0 Å². The molecule has 0 aliphatic carbocycles. The van der Waals surface area contributed by atoms with Crippen LogP contribution < -0.4 is 0 Å². The summed E-state index contributed by atoms with van der Waals surface area (Å²) in [6, 6.07) is -7.25. The van der Waals surface area contributed by atoms with Gasteiger partial charge in [-0.25, -0.2) is 0 Å². The second kappa shape index (κ2) is 4.89. The van der Waals surface area contributed by atoms with Crippen LogP contribution in [0.4, 0.5) is 0 Å². The van der Waals surface area contributed by atoms with Crippen LogP contribution in [0.3, 0.4) is 0 Å². The first-order chi connectivity index (χ1) is 14.3. The summed E-state index contributed by atoms with van der Waals surface area (Å²) in [5.41, 5.74) is -1.66. The molecule has 18 heavy (non-hydrogen) atoms. The number of benzene rings is 3. The molecule has 0 nitrogen and oxygen atoms in total. The molecule has 0 aliphatic heterocycles. The normalized spacial score (nSPS) is 20.3. The van der Waals surface area contributed by atoms with Crippen molar-refractivity contribution in [1.82, 2.24) is 0 Å². The van der Waals surface area contributed by atoms with E-state index in [-0.39, 0.29) is 0 Å². The maximum absolute atomic E-state index is 8.57. The Kier molecular flexibility index (Phi) is 0.972. The molecule has 3 aromatic carbocycles. The summed E-state index contributed by atoms with van der Waals surface area (Å²) in [5, 5.41) is 0. The molecule has 0 N–H and O–H groups in total. The molecular formula is C18H14. The SMILES string of the molecule is [2H]c1cc([2H])c(-c2c([2H])c([2H])c([2H])c([2H])c2[2H])c([2H])c1-c1c([2H])c([2H])c([2H])c([2H])c1[2H]. The van der Waals surface area contributed by atoms with Gasteiger partial charge in [0.2, 0.25) is 0 Å². The minimum Gasteiger partial charge on any atom is -0.0622 e. The number of hydrogen-bond donors (Lipinski definition) is 0. The van der Waals surface area contributed by atoms with E-state index in [4.69, 9.17) is 17.8 Å². The molecule has 0 heteroatoms. The molecule has 0 saturated heterocycles. The Morgan fingerprint density at radius 3 is 1.39 bits per heavy atom. The molecule has 0 heterocycles. The first-order valence-electron chi connectivity index (χ1n) is 11.6. The zero-order chi connectivity index (χ0) is 23.5. The molecule has 0 aliphatic rings. The lowest BCUT2D eigenvalue weighted by molar-refractivity contribution is 1.59. The molecule has 0 unspecified atom stereocenters. The fourth-order valence-electron chi connectivity index (χ4n) is 1.40. The Morgan fingerprint density at radius 1 is 0.500 bits per heavy atom. The van der Waals surface area contributed by atoms with Crippen LogP contribution in [-0.2, 0) is 0 Å². The van der Waals surface area contributed by atoms with Crippen molar-refractivity contribution in [2.24, 2.45) is 0 Å². The maximum Gasteiger partial charge on any atom is 0.0636 e. The van der Waals surface area contributed by atoms with Crippen molar-refractivity contribution < 1.29 is 17.8 Å². The summed E-state index contributed by atoms with van der Waals surface area (Å²) in [6.45, 7) is 0. The van der Waals surface area contributed by atoms with E-state index in [9.17, 15) is 0 Å². The Bertz CT molecular complexity index is 1110. The van der Waals surface area contributed by atoms with Crippen LogP contribution in [0.1, 0.15) is 17.8 Å². The van der Waals surface area contributed by atoms with E-state index in [1.165, 1.54) is 0 Å². The molecule has 3 rings (SSSR count). The van der Waals surface area contributed by atoms with Crippen LogP contribution in [-0.4, -0.2) is 0 Å². The van der Waals surface area contributed by atoms with Crippen LogP contribution in [0, 0.1) is 0 Å². The molecule has 0 spiro atoms. The highest BCUT2D eigenvalue weighted by molar-refractivity contribution is 5.72. The van der Waals surface area contributed by atoms with Crippen LogP contribution in [0.25, 0.3) is 22.3 Å². The lowest BCUT2D eigenvalue weighted by Gasteiger charge is -2.05. The van der Waals surface area contributed by atoms with Gasteiger partial charge < -0.3 is 0 Å². The standard InChI is InChI=1S/C18H14/c1-3-8-15(9-4-1)17-12-7-13-18(14-17)16-10-5-2-6-11-16/h1-14H/i1D,2D,3D,4D,5D,6D,8D,9D,10D,11D,12D,13D,14D. The predicted molar refractivity (Wildman–Crippen MR) is 77.3 cm³/mol. The molecule has 0 fully saturated rings. The third-order valence-electron chi connectivity index (χ3n) is 2.18. The second-order valence-electron chi connectivity index (χ2n) is 3.31. The molecule has 0 radical (unpaired) electrons. The number of hydrogen-bond acceptors (Lipinski definition) is 0. The van der Waals surface area contributed by atoms with E-state index >= 15 is 0 Å². The van der Waals surface area contributed by atoms with Gasteiger partial charge in [-0.3, -0.25) is 0 Å². The zero-order valence-electron chi connectivity index (χ0n) is 22.1. The van der Waals surface area contributed by atoms with E-state index in [0.29, 0.717) is 0 Å². The Labute approximate surface area is 126 Å². The van der Waals surface area contributed by atoms with E-state index in [0.717, 1.165) is 6.07 Å². The minimum atomic E-state index is -0.672. The lowest BCUT2D eigenvalue weighted by atomic mass is 9.99. The molecule has 0 aromatic heterocycles. The highest BCUT2D eigenvalue weighted by Gasteiger charge is 2.00. The summed E-state index contributed by atoms with van der Waals surface area (Å²) in [5.74, 6) is 0. The van der Waals surface area contributed by atoms with Gasteiger partial charge in [0.1, 0.15) is 0 Å². The average Bonchev–Trinajstić information content (AvgIpc) is 2.72. The molecule has 3 aromatic rings. The minimum absolute atomic E-state index is 0.394. The van der Waals surface area contributed by atoms with Crippen molar-refractivity contribution >= 4 is 0 Å². The van der Waals surface area contributed by atoms with Crippen LogP contribution in [0.2, 0.25) is 0 Å². The first kappa shape index (κ1) is 3.58. The molecular weight excluding hydrogens is 216 g/mol. The summed E-state index contributed by atoms with van der Waals surface area (Å²) in [4.78, 5) is 0. The fourth-order valence-corrected chi connectivity index (χ4v) is 1.40. The second-order valence-corrected chi connectivity index (χ2v) is 3.31. The highest BCUT2D eigenvalue weighted by Crippen LogP contribution is 2.25. The van der Waals surface area contributed by atoms with Gasteiger partial charge >= 0.3 is 0 Å². The van der Waals surface area contributed by atoms with Gasteiger partial charge in [0.25, 0.3) is 0 Å². The Balaban J connectivity index is 2.52. The first-order valence-corrected chi connectivity index (χ1v) is 5.08. The van der Waals surface area contributed by atoms with Gasteiger partial charge in [0.05, 0.1) is 17.8 Å². The smallest absolute Gasteiger partial charge is 0.0622 e. The van der Waals surface area contributed by atoms with Gasteiger partial charge in [-0.1, -0.05) is 78.6 Å². The topological polar surface area (TPSA) is 0 Å². The van der Waals surface area contributed by atoms with Crippen molar-refractivity contribution in [1.29, 1.82) is 0 Å². The van der Waals surface area contributed by atoms with Crippen LogP contribution >= 0.6 is 0 Å². The van der Waals surface area contributed by atoms with Gasteiger partial charge in [0.15, 0.2) is 0 Å². The molecule has 0 amide bonds. The van der Waals surface area contributed by atoms with E-state index in [1.54, 1.807) is 0 Å². The van der Waals surface area contributed by atoms with Gasteiger partial charge in [-0.15, -0.1) is 0 Å². The van der Waals surface area contributed by atoms with E-state index < -0.39 is 101 Å². The van der Waals surface area contributed by atoms with Gasteiger partial charge in [-0.05, 0) is 28.3 Å². The van der Waals surface area contributed by atoms with Crippen molar-refractivity contribution in [2.75, 3.05) is 0 Å². The third-order valence-corrected chi connectivity index (χ3v) is 2.18. The quantitative estimate of drug-likeness (QED) is 0.593. The lowest BCUT2D eigenvalue weighted by Crippen LogP contribution is -1.80. The third kappa shape index (κ3) is 2.18. The number of rotatable bonds is 2. The van der Waals surface area contributed by atoms with Gasteiger partial charge in [0, 0.05) is 0 Å². The average molecular weight is 243 g/mol. The summed E-state index contributed by atoms with van der Waals surface area (Å²) < 4.78 is 104. The molecule has 0 bridgehead atoms. The largest absolute Gasteiger partial charge is 0.0636 e. The van der Waals surface area contributed by atoms with Crippen molar-refractivity contribution in [3.05, 3.63) is 84.6 Å². The fraction of sp³-hybridized carbons (Fsp3) is 0. The molecule has 0 saturated carbocycles. The zero-order valence-corrected chi connectivity index (χ0v) is 9.08. The molecule has 0 atom stereocenters. The molecule has 86 valence electrons. The Morgan fingerprint density at radius 2 is 0.944 bits per heavy atom. The van der Waals surface area contributed by atoms with Gasteiger partial charge in [-0.2, -0.15) is 0 Å².